The summed E-state index contributed by atoms with van der Waals surface area (Å²) in [4.78, 5) is 0. The van der Waals surface area contributed by atoms with E-state index in [4.69, 9.17) is 0 Å². The Kier molecular flexibility index (Phi) is 7.03. The molecule has 2 aromatic rings. The Morgan fingerprint density at radius 2 is 0.952 bits per heavy atom. The number of benzene rings is 2. The van der Waals surface area contributed by atoms with Gasteiger partial charge in [-0.3, -0.25) is 0 Å². The molecule has 2 N–H and O–H groups in total. The fraction of sp³-hybridized carbons (Fsp3) is 0.222. The molecular weight excluding hydrogens is 271 g/mol. The molecule has 3 heteroatoms. The van der Waals surface area contributed by atoms with Crippen LogP contribution in [0.3, 0.4) is 0 Å². The average molecular weight is 292 g/mol. The van der Waals surface area contributed by atoms with Crippen molar-refractivity contribution in [2.24, 2.45) is 0 Å². The maximum absolute atomic E-state index is 9.41. The summed E-state index contributed by atoms with van der Waals surface area (Å²) in [7, 11) is 0. The second-order valence-corrected chi connectivity index (χ2v) is 4.76. The van der Waals surface area contributed by atoms with E-state index >= 15 is 0 Å². The monoisotopic (exact) mass is 292 g/mol. The Morgan fingerprint density at radius 1 is 0.667 bits per heavy atom. The van der Waals surface area contributed by atoms with Gasteiger partial charge >= 0.3 is 29.6 Å². The maximum atomic E-state index is 9.41. The third-order valence-corrected chi connectivity index (χ3v) is 3.50. The van der Waals surface area contributed by atoms with Crippen LogP contribution in [0.1, 0.15) is 37.8 Å². The van der Waals surface area contributed by atoms with Crippen molar-refractivity contribution >= 4 is 40.7 Å². The van der Waals surface area contributed by atoms with Gasteiger partial charge in [0.05, 0.1) is 0 Å². The van der Waals surface area contributed by atoms with E-state index in [-0.39, 0.29) is 41.1 Å². The van der Waals surface area contributed by atoms with Gasteiger partial charge in [-0.05, 0) is 59.4 Å². The minimum atomic E-state index is 0. The summed E-state index contributed by atoms with van der Waals surface area (Å²) < 4.78 is 0. The molecule has 0 aliphatic heterocycles. The van der Waals surface area contributed by atoms with Crippen LogP contribution in [0.25, 0.3) is 11.1 Å². The van der Waals surface area contributed by atoms with E-state index in [0.29, 0.717) is 0 Å². The molecule has 106 valence electrons. The van der Waals surface area contributed by atoms with E-state index in [9.17, 15) is 10.2 Å². The summed E-state index contributed by atoms with van der Waals surface area (Å²) in [5, 5.41) is 18.8. The number of phenols is 2. The van der Waals surface area contributed by atoms with Gasteiger partial charge in [0.15, 0.2) is 0 Å². The summed E-state index contributed by atoms with van der Waals surface area (Å²) in [6.45, 7) is 4.27. The van der Waals surface area contributed by atoms with E-state index in [1.165, 1.54) is 11.1 Å². The van der Waals surface area contributed by atoms with Crippen LogP contribution >= 0.6 is 0 Å². The van der Waals surface area contributed by atoms with Crippen molar-refractivity contribution in [1.82, 2.24) is 0 Å². The van der Waals surface area contributed by atoms with Gasteiger partial charge in [0.2, 0.25) is 0 Å². The molecule has 0 unspecified atom stereocenters. The van der Waals surface area contributed by atoms with Gasteiger partial charge in [-0.2, -0.15) is 0 Å². The van der Waals surface area contributed by atoms with Crippen LogP contribution in [0, 0.1) is 0 Å². The first kappa shape index (κ1) is 17.8. The van der Waals surface area contributed by atoms with E-state index in [0.717, 1.165) is 24.0 Å². The molecule has 0 spiro atoms. The molecule has 0 fully saturated rings. The van der Waals surface area contributed by atoms with Gasteiger partial charge in [-0.1, -0.05) is 38.1 Å². The normalized spacial score (nSPS) is 11.5. The van der Waals surface area contributed by atoms with Gasteiger partial charge in [-0.15, -0.1) is 0 Å². The molecule has 0 aromatic heterocycles. The third kappa shape index (κ3) is 4.37. The summed E-state index contributed by atoms with van der Waals surface area (Å²) in [5.41, 5.74) is 4.82. The van der Waals surface area contributed by atoms with Crippen molar-refractivity contribution in [2.45, 2.75) is 26.7 Å². The summed E-state index contributed by atoms with van der Waals surface area (Å²) >= 11 is 0. The van der Waals surface area contributed by atoms with Crippen LogP contribution in [0.2, 0.25) is 0 Å². The summed E-state index contributed by atoms with van der Waals surface area (Å²) in [6.07, 6.45) is 1.85. The third-order valence-electron chi connectivity index (χ3n) is 3.50. The molecule has 0 bridgehead atoms. The van der Waals surface area contributed by atoms with Crippen molar-refractivity contribution in [2.75, 3.05) is 0 Å². The Bertz CT molecular complexity index is 543. The first-order chi connectivity index (χ1) is 9.65. The Balaban J connectivity index is 0.00000220. The van der Waals surface area contributed by atoms with Gasteiger partial charge < -0.3 is 10.2 Å². The zero-order chi connectivity index (χ0) is 14.5. The molecule has 0 aliphatic carbocycles. The van der Waals surface area contributed by atoms with Crippen LogP contribution in [0.4, 0.5) is 0 Å². The van der Waals surface area contributed by atoms with Crippen LogP contribution < -0.4 is 0 Å². The predicted octanol–water partition coefficient (Wildman–Crippen LogP) is 4.18. The van der Waals surface area contributed by atoms with Gasteiger partial charge in [0, 0.05) is 0 Å². The molecule has 0 atom stereocenters. The molecule has 0 saturated heterocycles. The van der Waals surface area contributed by atoms with Crippen molar-refractivity contribution < 1.29 is 10.2 Å². The standard InChI is InChI=1S/C18H20O2.Na.H/c1-3-17(13-5-9-15(19)10-6-13)18(4-2)14-7-11-16(20)12-8-14;;/h5-12,19-20H,3-4H2,1-2H3;;/b18-17+;;. The second kappa shape index (κ2) is 8.28. The molecule has 2 nitrogen and oxygen atoms in total. The minimum absolute atomic E-state index is 0. The number of phenolic OH excluding ortho intramolecular Hbond substituents is 2. The molecule has 0 heterocycles. The van der Waals surface area contributed by atoms with Crippen LogP contribution in [-0.2, 0) is 0 Å². The number of allylic oxidation sites excluding steroid dienone is 2. The zero-order valence-electron chi connectivity index (χ0n) is 11.9. The van der Waals surface area contributed by atoms with E-state index < -0.39 is 0 Å². The van der Waals surface area contributed by atoms with Gasteiger partial charge in [-0.25, -0.2) is 0 Å². The Hall–Kier alpha value is -1.22. The molecule has 0 aliphatic rings. The molecule has 21 heavy (non-hydrogen) atoms. The van der Waals surface area contributed by atoms with E-state index in [2.05, 4.69) is 13.8 Å². The average Bonchev–Trinajstić information content (AvgIpc) is 2.47. The Labute approximate surface area is 148 Å². The number of rotatable bonds is 4. The molecule has 2 rings (SSSR count). The molecule has 0 saturated carbocycles. The first-order valence-corrected chi connectivity index (χ1v) is 6.96. The van der Waals surface area contributed by atoms with E-state index in [1.807, 2.05) is 24.3 Å². The van der Waals surface area contributed by atoms with E-state index in [1.54, 1.807) is 24.3 Å². The Morgan fingerprint density at radius 3 is 1.19 bits per heavy atom. The number of hydrogen-bond acceptors (Lipinski definition) is 2. The first-order valence-electron chi connectivity index (χ1n) is 6.96. The van der Waals surface area contributed by atoms with Crippen molar-refractivity contribution in [3.8, 4) is 11.5 Å². The second-order valence-electron chi connectivity index (χ2n) is 4.76. The summed E-state index contributed by atoms with van der Waals surface area (Å²) in [6, 6.07) is 14.7. The van der Waals surface area contributed by atoms with Crippen LogP contribution in [0.15, 0.2) is 48.5 Å². The number of aromatic hydroxyl groups is 2. The van der Waals surface area contributed by atoms with Crippen molar-refractivity contribution in [1.29, 1.82) is 0 Å². The zero-order valence-corrected chi connectivity index (χ0v) is 11.9. The molecular formula is C18H21NaO2. The fourth-order valence-corrected chi connectivity index (χ4v) is 2.51. The molecule has 0 radical (unpaired) electrons. The van der Waals surface area contributed by atoms with Crippen molar-refractivity contribution in [3.05, 3.63) is 59.7 Å². The predicted molar refractivity (Wildman–Crippen MR) is 90.8 cm³/mol. The summed E-state index contributed by atoms with van der Waals surface area (Å²) in [5.74, 6) is 0.568. The van der Waals surface area contributed by atoms with Crippen LogP contribution in [0.5, 0.6) is 11.5 Å². The SMILES string of the molecule is CC/C(=C(/CC)c1ccc(O)cc1)c1ccc(O)cc1.[NaH]. The molecule has 2 aromatic carbocycles. The quantitative estimate of drug-likeness (QED) is 0.655. The fourth-order valence-electron chi connectivity index (χ4n) is 2.51. The van der Waals surface area contributed by atoms with Crippen molar-refractivity contribution in [3.63, 3.8) is 0 Å². The van der Waals surface area contributed by atoms with Gasteiger partial charge in [0.1, 0.15) is 11.5 Å². The van der Waals surface area contributed by atoms with Crippen LogP contribution in [-0.4, -0.2) is 39.8 Å². The molecule has 0 amide bonds. The topological polar surface area (TPSA) is 40.5 Å². The number of hydrogen-bond donors (Lipinski definition) is 2. The van der Waals surface area contributed by atoms with Gasteiger partial charge in [0.25, 0.3) is 0 Å².